The third kappa shape index (κ3) is 2.95. The van der Waals surface area contributed by atoms with Crippen LogP contribution in [0.25, 0.3) is 0 Å². The van der Waals surface area contributed by atoms with Crippen LogP contribution in [0, 0.1) is 5.92 Å². The summed E-state index contributed by atoms with van der Waals surface area (Å²) in [6.07, 6.45) is 3.23. The Morgan fingerprint density at radius 3 is 2.81 bits per heavy atom. The first kappa shape index (κ1) is 16.6. The number of carbonyl (C=O) groups is 1. The van der Waals surface area contributed by atoms with Crippen LogP contribution >= 0.6 is 0 Å². The lowest BCUT2D eigenvalue weighted by molar-refractivity contribution is 0.0578. The maximum absolute atomic E-state index is 13.3. The molecule has 7 nitrogen and oxygen atoms in total. The smallest absolute Gasteiger partial charge is 0.254 e. The molecule has 0 spiro atoms. The van der Waals surface area contributed by atoms with Crippen molar-refractivity contribution in [3.05, 3.63) is 35.4 Å². The monoisotopic (exact) mass is 368 g/mol. The van der Waals surface area contributed by atoms with Crippen molar-refractivity contribution in [2.45, 2.75) is 51.6 Å². The third-order valence-corrected chi connectivity index (χ3v) is 5.46. The van der Waals surface area contributed by atoms with Crippen molar-refractivity contribution in [3.8, 4) is 11.5 Å². The highest BCUT2D eigenvalue weighted by Gasteiger charge is 2.37. The van der Waals surface area contributed by atoms with Gasteiger partial charge >= 0.3 is 0 Å². The number of hydrogen-bond donors (Lipinski definition) is 0. The molecule has 0 unspecified atom stereocenters. The lowest BCUT2D eigenvalue weighted by atomic mass is 9.99. The second-order valence-electron chi connectivity index (χ2n) is 8.04. The van der Waals surface area contributed by atoms with Crippen LogP contribution in [0.4, 0.5) is 0 Å². The van der Waals surface area contributed by atoms with Crippen molar-refractivity contribution in [2.75, 3.05) is 13.3 Å². The van der Waals surface area contributed by atoms with Crippen LogP contribution in [0.1, 0.15) is 67.1 Å². The van der Waals surface area contributed by atoms with Gasteiger partial charge in [0.1, 0.15) is 5.82 Å². The molecule has 1 aliphatic carbocycles. The summed E-state index contributed by atoms with van der Waals surface area (Å²) in [5.41, 5.74) is 0.628. The van der Waals surface area contributed by atoms with Crippen LogP contribution in [-0.2, 0) is 6.54 Å². The largest absolute Gasteiger partial charge is 0.454 e. The van der Waals surface area contributed by atoms with E-state index in [0.29, 0.717) is 42.0 Å². The van der Waals surface area contributed by atoms with E-state index in [0.717, 1.165) is 18.1 Å². The second kappa shape index (κ2) is 6.25. The fourth-order valence-electron chi connectivity index (χ4n) is 3.91. The fourth-order valence-corrected chi connectivity index (χ4v) is 3.91. The lowest BCUT2D eigenvalue weighted by Crippen LogP contribution is -2.43. The molecule has 1 saturated carbocycles. The van der Waals surface area contributed by atoms with Crippen LogP contribution in [0.5, 0.6) is 11.5 Å². The Balaban J connectivity index is 1.47. The summed E-state index contributed by atoms with van der Waals surface area (Å²) in [5.74, 6) is 4.20. The summed E-state index contributed by atoms with van der Waals surface area (Å²) >= 11 is 0. The number of rotatable bonds is 4. The van der Waals surface area contributed by atoms with Crippen molar-refractivity contribution in [1.29, 1.82) is 0 Å². The van der Waals surface area contributed by atoms with E-state index in [1.165, 1.54) is 12.8 Å². The third-order valence-electron chi connectivity index (χ3n) is 5.46. The van der Waals surface area contributed by atoms with Gasteiger partial charge in [-0.3, -0.25) is 4.79 Å². The molecule has 2 aliphatic heterocycles. The van der Waals surface area contributed by atoms with Crippen LogP contribution in [-0.4, -0.2) is 38.9 Å². The van der Waals surface area contributed by atoms with E-state index in [9.17, 15) is 4.79 Å². The molecule has 0 radical (unpaired) electrons. The molecule has 27 heavy (non-hydrogen) atoms. The Morgan fingerprint density at radius 2 is 2.04 bits per heavy atom. The number of benzene rings is 1. The number of aromatic nitrogens is 3. The summed E-state index contributed by atoms with van der Waals surface area (Å²) in [4.78, 5) is 20.1. The highest BCUT2D eigenvalue weighted by molar-refractivity contribution is 5.95. The van der Waals surface area contributed by atoms with Crippen molar-refractivity contribution >= 4 is 5.91 Å². The molecular weight excluding hydrogens is 344 g/mol. The zero-order chi connectivity index (χ0) is 18.5. The maximum Gasteiger partial charge on any atom is 0.254 e. The van der Waals surface area contributed by atoms with Crippen LogP contribution in [0.2, 0.25) is 0 Å². The molecule has 5 rings (SSSR count). The first-order valence-corrected chi connectivity index (χ1v) is 9.75. The van der Waals surface area contributed by atoms with E-state index in [4.69, 9.17) is 19.6 Å². The molecule has 142 valence electrons. The fraction of sp³-hybridized carbons (Fsp3) is 0.550. The molecule has 7 heteroatoms. The Labute approximate surface area is 158 Å². The van der Waals surface area contributed by atoms with Gasteiger partial charge in [0, 0.05) is 18.0 Å². The number of carbonyl (C=O) groups excluding carboxylic acids is 1. The summed E-state index contributed by atoms with van der Waals surface area (Å²) in [6.45, 7) is 5.91. The summed E-state index contributed by atoms with van der Waals surface area (Å²) in [6, 6.07) is 5.37. The Bertz CT molecular complexity index is 887. The average Bonchev–Trinajstić information content (AvgIpc) is 3.24. The van der Waals surface area contributed by atoms with Gasteiger partial charge in [-0.2, -0.15) is 5.10 Å². The van der Waals surface area contributed by atoms with E-state index < -0.39 is 0 Å². The quantitative estimate of drug-likeness (QED) is 0.829. The second-order valence-corrected chi connectivity index (χ2v) is 8.04. The zero-order valence-electron chi connectivity index (χ0n) is 15.7. The molecule has 1 atom stereocenters. The highest BCUT2D eigenvalue weighted by atomic mass is 16.7. The van der Waals surface area contributed by atoms with Crippen molar-refractivity contribution in [1.82, 2.24) is 19.7 Å². The molecule has 0 bridgehead atoms. The van der Waals surface area contributed by atoms with E-state index in [1.54, 1.807) is 6.07 Å². The first-order valence-electron chi connectivity index (χ1n) is 9.75. The Hall–Kier alpha value is -2.57. The number of nitrogens with zero attached hydrogens (tertiary/aromatic N) is 4. The minimum atomic E-state index is -0.0447. The van der Waals surface area contributed by atoms with E-state index in [1.807, 2.05) is 21.7 Å². The van der Waals surface area contributed by atoms with Gasteiger partial charge in [-0.1, -0.05) is 13.8 Å². The van der Waals surface area contributed by atoms with Crippen molar-refractivity contribution < 1.29 is 14.3 Å². The number of amides is 1. The van der Waals surface area contributed by atoms with Crippen LogP contribution in [0.3, 0.4) is 0 Å². The van der Waals surface area contributed by atoms with Gasteiger partial charge in [0.25, 0.3) is 5.91 Å². The molecule has 1 aromatic heterocycles. The van der Waals surface area contributed by atoms with E-state index in [-0.39, 0.29) is 18.7 Å². The molecule has 1 aromatic carbocycles. The highest BCUT2D eigenvalue weighted by Crippen LogP contribution is 2.40. The predicted octanol–water partition coefficient (Wildman–Crippen LogP) is 3.13. The molecule has 0 N–H and O–H groups in total. The van der Waals surface area contributed by atoms with E-state index >= 15 is 0 Å². The summed E-state index contributed by atoms with van der Waals surface area (Å²) in [7, 11) is 0. The van der Waals surface area contributed by atoms with Crippen LogP contribution < -0.4 is 9.47 Å². The van der Waals surface area contributed by atoms with Gasteiger partial charge in [-0.25, -0.2) is 9.67 Å². The summed E-state index contributed by atoms with van der Waals surface area (Å²) < 4.78 is 12.8. The number of ether oxygens (including phenoxy) is 2. The van der Waals surface area contributed by atoms with Gasteiger partial charge in [-0.05, 0) is 43.4 Å². The lowest BCUT2D eigenvalue weighted by Gasteiger charge is -2.36. The van der Waals surface area contributed by atoms with Crippen molar-refractivity contribution in [3.63, 3.8) is 0 Å². The minimum absolute atomic E-state index is 0.0150. The Morgan fingerprint density at radius 1 is 1.22 bits per heavy atom. The average molecular weight is 368 g/mol. The van der Waals surface area contributed by atoms with Gasteiger partial charge in [0.05, 0.1) is 12.6 Å². The Kier molecular flexibility index (Phi) is 3.84. The molecule has 1 fully saturated rings. The molecule has 0 saturated heterocycles. The predicted molar refractivity (Wildman–Crippen MR) is 97.8 cm³/mol. The normalized spacial score (nSPS) is 20.9. The zero-order valence-corrected chi connectivity index (χ0v) is 15.7. The number of hydrogen-bond acceptors (Lipinski definition) is 5. The van der Waals surface area contributed by atoms with Gasteiger partial charge in [0.2, 0.25) is 6.79 Å². The SMILES string of the molecule is CC(C)C[C@H]1c2nc(C3CC3)nn2CCN1C(=O)c1ccc2c(c1)OCO2. The van der Waals surface area contributed by atoms with E-state index in [2.05, 4.69) is 13.8 Å². The number of fused-ring (bicyclic) bond motifs is 2. The summed E-state index contributed by atoms with van der Waals surface area (Å²) in [5, 5.41) is 4.72. The molecule has 1 amide bonds. The molecule has 2 aromatic rings. The molecule has 3 aliphatic rings. The topological polar surface area (TPSA) is 69.5 Å². The van der Waals surface area contributed by atoms with Gasteiger partial charge in [-0.15, -0.1) is 0 Å². The first-order chi connectivity index (χ1) is 13.1. The standard InChI is InChI=1S/C20H24N4O3/c1-12(2)9-15-19-21-18(13-3-4-13)22-24(19)8-7-23(15)20(25)14-5-6-16-17(10-14)27-11-26-16/h5-6,10,12-13,15H,3-4,7-9,11H2,1-2H3/t15-/m0/s1. The molecular formula is C20H24N4O3. The van der Waals surface area contributed by atoms with Gasteiger partial charge in [0.15, 0.2) is 17.3 Å². The molecule has 3 heterocycles. The van der Waals surface area contributed by atoms with Crippen LogP contribution in [0.15, 0.2) is 18.2 Å². The van der Waals surface area contributed by atoms with Crippen molar-refractivity contribution in [2.24, 2.45) is 5.92 Å². The maximum atomic E-state index is 13.3. The van der Waals surface area contributed by atoms with Gasteiger partial charge < -0.3 is 14.4 Å². The minimum Gasteiger partial charge on any atom is -0.454 e.